The van der Waals surface area contributed by atoms with E-state index in [1.807, 2.05) is 26.1 Å². The van der Waals surface area contributed by atoms with Gasteiger partial charge >= 0.3 is 0 Å². The summed E-state index contributed by atoms with van der Waals surface area (Å²) in [6.07, 6.45) is 5.29. The van der Waals surface area contributed by atoms with Crippen LogP contribution in [0.4, 0.5) is 0 Å². The van der Waals surface area contributed by atoms with Crippen LogP contribution in [0.25, 0.3) is 33.1 Å². The Labute approximate surface area is 220 Å². The van der Waals surface area contributed by atoms with E-state index >= 15 is 0 Å². The lowest BCUT2D eigenvalue weighted by atomic mass is 9.86. The van der Waals surface area contributed by atoms with Crippen molar-refractivity contribution in [1.29, 1.82) is 0 Å². The molecule has 0 unspecified atom stereocenters. The minimum absolute atomic E-state index is 0.0491. The zero-order valence-corrected chi connectivity index (χ0v) is 22.0. The normalized spacial score (nSPS) is 15.3. The zero-order valence-electron chi connectivity index (χ0n) is 22.0. The average Bonchev–Trinajstić information content (AvgIpc) is 3.45. The van der Waals surface area contributed by atoms with E-state index < -0.39 is 0 Å². The largest absolute Gasteiger partial charge is 0.480 e. The molecular weight excluding hydrogens is 480 g/mol. The minimum atomic E-state index is -0.0565. The number of aromatic nitrogens is 4. The lowest BCUT2D eigenvalue weighted by Gasteiger charge is -2.33. The van der Waals surface area contributed by atoms with Gasteiger partial charge in [-0.15, -0.1) is 0 Å². The first-order valence-electron chi connectivity index (χ1n) is 12.9. The van der Waals surface area contributed by atoms with Gasteiger partial charge in [-0.2, -0.15) is 0 Å². The van der Waals surface area contributed by atoms with Gasteiger partial charge in [0.1, 0.15) is 11.3 Å². The maximum absolute atomic E-state index is 13.0. The molecule has 8 nitrogen and oxygen atoms in total. The number of ether oxygens (including phenoxy) is 2. The van der Waals surface area contributed by atoms with Crippen molar-refractivity contribution in [2.45, 2.75) is 39.7 Å². The number of Topliss-reactive ketones (excluding diaryl/α,β-unsaturated/α-hetero) is 1. The molecule has 1 atom stereocenters. The van der Waals surface area contributed by atoms with Crippen LogP contribution in [0, 0.1) is 19.8 Å². The molecule has 0 radical (unpaired) electrons. The summed E-state index contributed by atoms with van der Waals surface area (Å²) in [5.74, 6) is 1.43. The van der Waals surface area contributed by atoms with Crippen LogP contribution in [0.3, 0.4) is 0 Å². The number of benzene rings is 1. The highest BCUT2D eigenvalue weighted by Gasteiger charge is 2.33. The maximum Gasteiger partial charge on any atom is 0.224 e. The van der Waals surface area contributed by atoms with Crippen molar-refractivity contribution in [2.75, 3.05) is 20.3 Å². The summed E-state index contributed by atoms with van der Waals surface area (Å²) in [5.41, 5.74) is 6.81. The molecule has 4 aromatic heterocycles. The van der Waals surface area contributed by atoms with Crippen molar-refractivity contribution < 1.29 is 18.8 Å². The highest BCUT2D eigenvalue weighted by molar-refractivity contribution is 6.16. The highest BCUT2D eigenvalue weighted by atomic mass is 16.5. The molecule has 8 heteroatoms. The summed E-state index contributed by atoms with van der Waals surface area (Å²) in [7, 11) is 1.60. The Morgan fingerprint density at radius 3 is 2.53 bits per heavy atom. The third-order valence-electron chi connectivity index (χ3n) is 7.65. The lowest BCUT2D eigenvalue weighted by Crippen LogP contribution is -2.27. The number of hydrogen-bond donors (Lipinski definition) is 0. The molecule has 0 saturated carbocycles. The summed E-state index contributed by atoms with van der Waals surface area (Å²) in [4.78, 5) is 22.5. The highest BCUT2D eigenvalue weighted by Crippen LogP contribution is 2.44. The average molecular weight is 511 g/mol. The zero-order chi connectivity index (χ0) is 26.4. The van der Waals surface area contributed by atoms with Crippen LogP contribution < -0.4 is 4.74 Å². The van der Waals surface area contributed by atoms with Crippen molar-refractivity contribution in [3.63, 3.8) is 0 Å². The minimum Gasteiger partial charge on any atom is -0.480 e. The van der Waals surface area contributed by atoms with Gasteiger partial charge in [0, 0.05) is 36.7 Å². The third kappa shape index (κ3) is 3.87. The predicted octanol–water partition coefficient (Wildman–Crippen LogP) is 6.08. The van der Waals surface area contributed by atoms with Gasteiger partial charge in [0.05, 0.1) is 40.8 Å². The van der Waals surface area contributed by atoms with Crippen molar-refractivity contribution in [2.24, 2.45) is 5.92 Å². The van der Waals surface area contributed by atoms with E-state index in [1.165, 1.54) is 5.56 Å². The summed E-state index contributed by atoms with van der Waals surface area (Å²) in [6, 6.07) is 12.6. The van der Waals surface area contributed by atoms with E-state index in [0.29, 0.717) is 30.6 Å². The Bertz CT molecular complexity index is 1630. The molecular formula is C30H30N4O4. The molecule has 1 aliphatic heterocycles. The number of carbonyl (C=O) groups excluding carboxylic acids is 1. The van der Waals surface area contributed by atoms with Gasteiger partial charge in [-0.05, 0) is 51.2 Å². The van der Waals surface area contributed by atoms with Gasteiger partial charge in [-0.1, -0.05) is 35.5 Å². The van der Waals surface area contributed by atoms with Crippen LogP contribution in [0.2, 0.25) is 0 Å². The topological polar surface area (TPSA) is 92.3 Å². The Hall–Kier alpha value is -4.04. The molecule has 38 heavy (non-hydrogen) atoms. The fourth-order valence-corrected chi connectivity index (χ4v) is 5.95. The van der Waals surface area contributed by atoms with Gasteiger partial charge in [0.25, 0.3) is 0 Å². The summed E-state index contributed by atoms with van der Waals surface area (Å²) < 4.78 is 19.3. The number of nitrogens with zero attached hydrogens (tertiary/aromatic N) is 4. The van der Waals surface area contributed by atoms with Crippen molar-refractivity contribution in [3.05, 3.63) is 71.4 Å². The molecule has 1 fully saturated rings. The monoisotopic (exact) mass is 510 g/mol. The van der Waals surface area contributed by atoms with E-state index in [9.17, 15) is 4.79 Å². The number of rotatable bonds is 6. The second kappa shape index (κ2) is 9.68. The third-order valence-corrected chi connectivity index (χ3v) is 7.65. The Kier molecular flexibility index (Phi) is 6.19. The quantitative estimate of drug-likeness (QED) is 0.256. The maximum atomic E-state index is 13.0. The number of methoxy groups -OCH3 is 1. The molecule has 0 amide bonds. The molecule has 1 aliphatic rings. The smallest absolute Gasteiger partial charge is 0.224 e. The van der Waals surface area contributed by atoms with Crippen LogP contribution in [-0.2, 0) is 4.74 Å². The second-order valence-electron chi connectivity index (χ2n) is 9.93. The van der Waals surface area contributed by atoms with Crippen LogP contribution in [0.5, 0.6) is 5.88 Å². The molecule has 5 aromatic rings. The summed E-state index contributed by atoms with van der Waals surface area (Å²) in [6.45, 7) is 6.84. The van der Waals surface area contributed by atoms with Crippen molar-refractivity contribution in [3.8, 4) is 17.0 Å². The predicted molar refractivity (Wildman–Crippen MR) is 145 cm³/mol. The van der Waals surface area contributed by atoms with Gasteiger partial charge in [-0.3, -0.25) is 9.78 Å². The van der Waals surface area contributed by atoms with E-state index in [2.05, 4.69) is 45.0 Å². The number of hydrogen-bond acceptors (Lipinski definition) is 7. The molecule has 0 N–H and O–H groups in total. The molecule has 6 rings (SSSR count). The standard InChI is InChI=1S/C30H30N4O4/c1-17-25(19(3)38-33-17)22-14-24-27(31-15-22)26-29(23(18(2)35)16-32-30(26)36-4)34(24)28(20-8-6-5-7-9-20)21-10-12-37-13-11-21/h5-9,14-16,21,28H,10-13H2,1-4H3/t28-/m1/s1. The summed E-state index contributed by atoms with van der Waals surface area (Å²) in [5, 5.41) is 4.90. The molecule has 0 spiro atoms. The van der Waals surface area contributed by atoms with Crippen molar-refractivity contribution >= 4 is 27.7 Å². The Morgan fingerprint density at radius 1 is 1.11 bits per heavy atom. The van der Waals surface area contributed by atoms with E-state index in [1.54, 1.807) is 20.2 Å². The Morgan fingerprint density at radius 2 is 1.87 bits per heavy atom. The van der Waals surface area contributed by atoms with E-state index in [4.69, 9.17) is 19.0 Å². The first-order valence-corrected chi connectivity index (χ1v) is 12.9. The number of carbonyl (C=O) groups is 1. The first kappa shape index (κ1) is 24.3. The first-order chi connectivity index (χ1) is 18.5. The SMILES string of the molecule is COc1ncc(C(C)=O)c2c1c1ncc(-c3c(C)noc3C)cc1n2[C@H](c1ccccc1)C1CCOCC1. The summed E-state index contributed by atoms with van der Waals surface area (Å²) >= 11 is 0. The fourth-order valence-electron chi connectivity index (χ4n) is 5.95. The number of ketones is 1. The second-order valence-corrected chi connectivity index (χ2v) is 9.93. The molecule has 1 aromatic carbocycles. The van der Waals surface area contributed by atoms with Gasteiger partial charge < -0.3 is 18.6 Å². The molecule has 1 saturated heterocycles. The van der Waals surface area contributed by atoms with Gasteiger partial charge in [0.15, 0.2) is 5.78 Å². The number of aryl methyl sites for hydroxylation is 2. The molecule has 0 bridgehead atoms. The number of pyridine rings is 2. The van der Waals surface area contributed by atoms with E-state index in [-0.39, 0.29) is 11.8 Å². The van der Waals surface area contributed by atoms with Gasteiger partial charge in [0.2, 0.25) is 5.88 Å². The van der Waals surface area contributed by atoms with Crippen molar-refractivity contribution in [1.82, 2.24) is 19.7 Å². The molecule has 194 valence electrons. The lowest BCUT2D eigenvalue weighted by molar-refractivity contribution is 0.0552. The van der Waals surface area contributed by atoms with E-state index in [0.717, 1.165) is 57.4 Å². The Balaban J connectivity index is 1.76. The van der Waals surface area contributed by atoms with Gasteiger partial charge in [-0.25, -0.2) is 4.98 Å². The van der Waals surface area contributed by atoms with Crippen LogP contribution in [0.1, 0.15) is 53.2 Å². The number of fused-ring (bicyclic) bond motifs is 3. The van der Waals surface area contributed by atoms with Crippen LogP contribution >= 0.6 is 0 Å². The molecule has 0 aliphatic carbocycles. The van der Waals surface area contributed by atoms with Crippen LogP contribution in [0.15, 0.2) is 53.3 Å². The molecule has 5 heterocycles. The van der Waals surface area contributed by atoms with Crippen LogP contribution in [-0.4, -0.2) is 45.8 Å². The fraction of sp³-hybridized carbons (Fsp3) is 0.333.